The minimum absolute atomic E-state index is 0.00358. The number of aliphatic carboxylic acids is 1. The minimum atomic E-state index is -3.91. The summed E-state index contributed by atoms with van der Waals surface area (Å²) < 4.78 is 27.4. The van der Waals surface area contributed by atoms with Gasteiger partial charge in [-0.2, -0.15) is 4.31 Å². The second-order valence-electron chi connectivity index (χ2n) is 10.4. The molecule has 0 bridgehead atoms. The van der Waals surface area contributed by atoms with Gasteiger partial charge in [-0.3, -0.25) is 15.0 Å². The monoisotopic (exact) mass is 590 g/mol. The van der Waals surface area contributed by atoms with Crippen molar-refractivity contribution in [3.05, 3.63) is 101 Å². The summed E-state index contributed by atoms with van der Waals surface area (Å²) in [6.45, 7) is 0.178. The third kappa shape index (κ3) is 7.89. The molecule has 0 unspecified atom stereocenters. The van der Waals surface area contributed by atoms with E-state index >= 15 is 0 Å². The van der Waals surface area contributed by atoms with E-state index in [-0.39, 0.29) is 42.3 Å². The molecule has 5 N–H and O–H groups in total. The lowest BCUT2D eigenvalue weighted by Gasteiger charge is -2.25. The van der Waals surface area contributed by atoms with E-state index in [1.165, 1.54) is 12.1 Å². The van der Waals surface area contributed by atoms with Crippen molar-refractivity contribution in [1.29, 1.82) is 5.41 Å². The molecule has 1 aliphatic heterocycles. The molecular weight excluding hydrogens is 556 g/mol. The van der Waals surface area contributed by atoms with Crippen LogP contribution in [0.15, 0.2) is 83.8 Å². The topological polar surface area (TPSA) is 171 Å². The van der Waals surface area contributed by atoms with Gasteiger partial charge in [0.15, 0.2) is 0 Å². The van der Waals surface area contributed by atoms with Crippen LogP contribution in [0.4, 0.5) is 0 Å². The second kappa shape index (κ2) is 13.5. The summed E-state index contributed by atoms with van der Waals surface area (Å²) in [5, 5.41) is 19.8. The zero-order chi connectivity index (χ0) is 30.3. The maximum absolute atomic E-state index is 13.1. The van der Waals surface area contributed by atoms with Crippen molar-refractivity contribution in [2.24, 2.45) is 5.73 Å². The van der Waals surface area contributed by atoms with Crippen LogP contribution >= 0.6 is 0 Å². The first kappa shape index (κ1) is 30.6. The fourth-order valence-corrected chi connectivity index (χ4v) is 6.78. The summed E-state index contributed by atoms with van der Waals surface area (Å²) in [6, 6.07) is 20.0. The van der Waals surface area contributed by atoms with Crippen molar-refractivity contribution in [2.75, 3.05) is 6.54 Å². The molecule has 1 saturated heterocycles. The van der Waals surface area contributed by atoms with E-state index < -0.39 is 34.0 Å². The number of amidine groups is 1. The van der Waals surface area contributed by atoms with Crippen molar-refractivity contribution >= 4 is 33.5 Å². The number of nitrogens with two attached hydrogens (primary N) is 1. The molecule has 1 aliphatic rings. The Bertz CT molecular complexity index is 1560. The van der Waals surface area contributed by atoms with E-state index in [4.69, 9.17) is 11.1 Å². The Kier molecular flexibility index (Phi) is 9.87. The van der Waals surface area contributed by atoms with Crippen LogP contribution in [-0.4, -0.2) is 60.0 Å². The molecule has 0 aliphatic carbocycles. The molecule has 3 aromatic carbocycles. The number of sulfonamides is 1. The summed E-state index contributed by atoms with van der Waals surface area (Å²) in [7, 11) is -3.91. The number of rotatable bonds is 13. The van der Waals surface area contributed by atoms with Crippen LogP contribution in [0.1, 0.15) is 35.1 Å². The fourth-order valence-electron chi connectivity index (χ4n) is 5.10. The highest BCUT2D eigenvalue weighted by atomic mass is 32.2. The van der Waals surface area contributed by atoms with Crippen LogP contribution in [0.25, 0.3) is 0 Å². The third-order valence-electron chi connectivity index (χ3n) is 7.12. The van der Waals surface area contributed by atoms with E-state index in [1.807, 2.05) is 24.3 Å². The number of hydrogen-bond acceptors (Lipinski definition) is 6. The Hall–Kier alpha value is -4.35. The van der Waals surface area contributed by atoms with Crippen molar-refractivity contribution in [3.63, 3.8) is 0 Å². The predicted molar refractivity (Wildman–Crippen MR) is 158 cm³/mol. The molecular formula is C31H34N4O6S. The van der Waals surface area contributed by atoms with Crippen molar-refractivity contribution in [1.82, 2.24) is 9.62 Å². The Morgan fingerprint density at radius 1 is 0.905 bits per heavy atom. The number of carboxylic acids is 1. The standard InChI is InChI=1S/C31H34N4O6S/c32-29(33)20-24-7-4-6-23(16-24)18-25(36)17-21-11-13-22(14-12-21)19-27(31(38)39)34-30(37)28-10-5-15-35(28)42(40,41)26-8-2-1-3-9-26/h1-4,6-9,11-14,16,27-28H,5,10,15,17-20H2,(H3,32,33)(H,34,37)(H,38,39)/t27-,28-/m0/s1. The first-order valence-electron chi connectivity index (χ1n) is 13.6. The normalized spacial score (nSPS) is 16.0. The maximum Gasteiger partial charge on any atom is 0.326 e. The van der Waals surface area contributed by atoms with E-state index in [2.05, 4.69) is 5.32 Å². The van der Waals surface area contributed by atoms with Crippen LogP contribution in [0.2, 0.25) is 0 Å². The van der Waals surface area contributed by atoms with E-state index in [9.17, 15) is 27.9 Å². The zero-order valence-electron chi connectivity index (χ0n) is 23.0. The van der Waals surface area contributed by atoms with Crippen LogP contribution in [0, 0.1) is 5.41 Å². The summed E-state index contributed by atoms with van der Waals surface area (Å²) in [5.41, 5.74) is 8.60. The van der Waals surface area contributed by atoms with E-state index in [1.54, 1.807) is 42.5 Å². The van der Waals surface area contributed by atoms with Crippen molar-refractivity contribution in [2.45, 2.75) is 55.5 Å². The second-order valence-corrected chi connectivity index (χ2v) is 12.3. The van der Waals surface area contributed by atoms with Gasteiger partial charge in [-0.05, 0) is 47.2 Å². The van der Waals surface area contributed by atoms with Crippen LogP contribution < -0.4 is 11.1 Å². The highest BCUT2D eigenvalue weighted by Crippen LogP contribution is 2.26. The predicted octanol–water partition coefficient (Wildman–Crippen LogP) is 2.48. The lowest BCUT2D eigenvalue weighted by atomic mass is 9.98. The maximum atomic E-state index is 13.1. The largest absolute Gasteiger partial charge is 0.480 e. The Labute approximate surface area is 245 Å². The molecule has 3 aromatic rings. The first-order chi connectivity index (χ1) is 20.0. The molecule has 0 spiro atoms. The van der Waals surface area contributed by atoms with Gasteiger partial charge >= 0.3 is 5.97 Å². The smallest absolute Gasteiger partial charge is 0.326 e. The molecule has 42 heavy (non-hydrogen) atoms. The number of hydrogen-bond donors (Lipinski definition) is 4. The zero-order valence-corrected chi connectivity index (χ0v) is 23.8. The number of carbonyl (C=O) groups excluding carboxylic acids is 2. The molecule has 2 atom stereocenters. The number of carbonyl (C=O) groups is 3. The lowest BCUT2D eigenvalue weighted by molar-refractivity contribution is -0.142. The fraction of sp³-hybridized carbons (Fsp3) is 0.290. The highest BCUT2D eigenvalue weighted by molar-refractivity contribution is 7.89. The molecule has 0 saturated carbocycles. The van der Waals surface area contributed by atoms with E-state index in [0.717, 1.165) is 21.0 Å². The summed E-state index contributed by atoms with van der Waals surface area (Å²) in [4.78, 5) is 37.9. The summed E-state index contributed by atoms with van der Waals surface area (Å²) in [5.74, 6) is -1.82. The SMILES string of the molecule is N=C(N)Cc1cccc(CC(=O)Cc2ccc(C[C@H](NC(=O)[C@@H]3CCCN3S(=O)(=O)c3ccccc3)C(=O)O)cc2)c1. The van der Waals surface area contributed by atoms with Gasteiger partial charge in [0, 0.05) is 32.2 Å². The third-order valence-corrected chi connectivity index (χ3v) is 9.04. The van der Waals surface area contributed by atoms with Crippen molar-refractivity contribution in [3.8, 4) is 0 Å². The molecule has 4 rings (SSSR count). The average Bonchev–Trinajstić information content (AvgIpc) is 3.45. The highest BCUT2D eigenvalue weighted by Gasteiger charge is 2.40. The van der Waals surface area contributed by atoms with Gasteiger partial charge in [0.1, 0.15) is 17.9 Å². The van der Waals surface area contributed by atoms with Gasteiger partial charge in [-0.25, -0.2) is 13.2 Å². The summed E-state index contributed by atoms with van der Waals surface area (Å²) >= 11 is 0. The Morgan fingerprint density at radius 3 is 2.17 bits per heavy atom. The van der Waals surface area contributed by atoms with Crippen LogP contribution in [0.3, 0.4) is 0 Å². The minimum Gasteiger partial charge on any atom is -0.480 e. The molecule has 1 heterocycles. The van der Waals surface area contributed by atoms with Gasteiger partial charge in [-0.15, -0.1) is 0 Å². The Morgan fingerprint density at radius 2 is 1.52 bits per heavy atom. The number of Topliss-reactive ketones (excluding diaryl/α,β-unsaturated/α-hetero) is 1. The molecule has 0 radical (unpaired) electrons. The van der Waals surface area contributed by atoms with Gasteiger partial charge in [0.25, 0.3) is 0 Å². The van der Waals surface area contributed by atoms with Gasteiger partial charge in [-0.1, -0.05) is 66.7 Å². The quantitative estimate of drug-likeness (QED) is 0.175. The molecule has 10 nitrogen and oxygen atoms in total. The number of carboxylic acid groups (broad SMARTS) is 1. The molecule has 0 aromatic heterocycles. The molecule has 11 heteroatoms. The first-order valence-corrected chi connectivity index (χ1v) is 15.1. The van der Waals surface area contributed by atoms with Gasteiger partial charge in [0.2, 0.25) is 15.9 Å². The molecule has 1 amide bonds. The van der Waals surface area contributed by atoms with Gasteiger partial charge in [0.05, 0.1) is 10.7 Å². The van der Waals surface area contributed by atoms with Crippen molar-refractivity contribution < 1.29 is 27.9 Å². The lowest BCUT2D eigenvalue weighted by Crippen LogP contribution is -2.51. The molecule has 1 fully saturated rings. The number of nitrogens with one attached hydrogen (secondary N) is 2. The number of ketones is 1. The number of benzene rings is 3. The van der Waals surface area contributed by atoms with Crippen LogP contribution in [-0.2, 0) is 50.1 Å². The average molecular weight is 591 g/mol. The summed E-state index contributed by atoms with van der Waals surface area (Å²) in [6.07, 6.45) is 1.55. The number of nitrogens with zero attached hydrogens (tertiary/aromatic N) is 1. The van der Waals surface area contributed by atoms with Gasteiger partial charge < -0.3 is 16.2 Å². The number of amides is 1. The molecule has 220 valence electrons. The van der Waals surface area contributed by atoms with Crippen LogP contribution in [0.5, 0.6) is 0 Å². The Balaban J connectivity index is 1.35. The van der Waals surface area contributed by atoms with E-state index in [0.29, 0.717) is 24.8 Å².